The molecule has 130 valence electrons. The summed E-state index contributed by atoms with van der Waals surface area (Å²) in [6.45, 7) is 1.85. The molecule has 0 aliphatic heterocycles. The Bertz CT molecular complexity index is 846. The predicted octanol–water partition coefficient (Wildman–Crippen LogP) is 3.18. The van der Waals surface area contributed by atoms with Gasteiger partial charge in [-0.05, 0) is 36.8 Å². The maximum Gasteiger partial charge on any atom is 0.230 e. The largest absolute Gasteiger partial charge is 0.461 e. The molecule has 1 atom stereocenters. The highest BCUT2D eigenvalue weighted by Gasteiger charge is 2.15. The number of furan rings is 1. The van der Waals surface area contributed by atoms with Gasteiger partial charge in [0.05, 0.1) is 18.1 Å². The standard InChI is InChI=1S/C17H17FN4O2S/c1-11(12-5-7-13(18)8-6-12)19-15(23)10-25-17-21-20-16(22(17)2)14-4-3-9-24-14/h3-9,11H,10H2,1-2H3,(H,19,23)/t11-/m1/s1. The number of thioether (sulfide) groups is 1. The van der Waals surface area contributed by atoms with Gasteiger partial charge in [0.25, 0.3) is 0 Å². The highest BCUT2D eigenvalue weighted by atomic mass is 32.2. The van der Waals surface area contributed by atoms with Crippen LogP contribution in [0.15, 0.2) is 52.2 Å². The minimum Gasteiger partial charge on any atom is -0.461 e. The molecule has 2 aromatic heterocycles. The van der Waals surface area contributed by atoms with E-state index in [-0.39, 0.29) is 23.5 Å². The number of nitrogens with zero attached hydrogens (tertiary/aromatic N) is 3. The van der Waals surface area contributed by atoms with Crippen molar-refractivity contribution >= 4 is 17.7 Å². The number of carbonyl (C=O) groups excluding carboxylic acids is 1. The smallest absolute Gasteiger partial charge is 0.230 e. The Labute approximate surface area is 148 Å². The molecule has 0 spiro atoms. The minimum atomic E-state index is -0.299. The Morgan fingerprint density at radius 3 is 2.76 bits per heavy atom. The van der Waals surface area contributed by atoms with Gasteiger partial charge in [0.1, 0.15) is 5.82 Å². The van der Waals surface area contributed by atoms with Gasteiger partial charge in [-0.15, -0.1) is 10.2 Å². The molecule has 2 heterocycles. The van der Waals surface area contributed by atoms with E-state index in [1.807, 2.05) is 14.0 Å². The van der Waals surface area contributed by atoms with Gasteiger partial charge in [-0.25, -0.2) is 4.39 Å². The molecule has 0 bridgehead atoms. The lowest BCUT2D eigenvalue weighted by Crippen LogP contribution is -2.28. The average Bonchev–Trinajstić information content (AvgIpc) is 3.23. The zero-order valence-corrected chi connectivity index (χ0v) is 14.6. The summed E-state index contributed by atoms with van der Waals surface area (Å²) >= 11 is 1.29. The Kier molecular flexibility index (Phi) is 5.18. The molecule has 0 aliphatic rings. The lowest BCUT2D eigenvalue weighted by Gasteiger charge is -2.14. The van der Waals surface area contributed by atoms with Gasteiger partial charge in [0, 0.05) is 7.05 Å². The van der Waals surface area contributed by atoms with Gasteiger partial charge in [0.15, 0.2) is 16.7 Å². The molecule has 0 fully saturated rings. The fourth-order valence-corrected chi connectivity index (χ4v) is 3.03. The van der Waals surface area contributed by atoms with Crippen molar-refractivity contribution in [2.45, 2.75) is 18.1 Å². The van der Waals surface area contributed by atoms with E-state index in [4.69, 9.17) is 4.42 Å². The first-order chi connectivity index (χ1) is 12.0. The maximum atomic E-state index is 13.0. The third kappa shape index (κ3) is 4.08. The first kappa shape index (κ1) is 17.2. The molecule has 25 heavy (non-hydrogen) atoms. The van der Waals surface area contributed by atoms with Crippen LogP contribution in [-0.4, -0.2) is 26.4 Å². The Balaban J connectivity index is 1.56. The summed E-state index contributed by atoms with van der Waals surface area (Å²) in [6, 6.07) is 9.45. The fraction of sp³-hybridized carbons (Fsp3) is 0.235. The van der Waals surface area contributed by atoms with Gasteiger partial charge in [-0.2, -0.15) is 0 Å². The van der Waals surface area contributed by atoms with Gasteiger partial charge >= 0.3 is 0 Å². The van der Waals surface area contributed by atoms with E-state index in [1.54, 1.807) is 35.1 Å². The second kappa shape index (κ2) is 7.52. The number of halogens is 1. The number of benzene rings is 1. The molecule has 0 radical (unpaired) electrons. The number of rotatable bonds is 6. The van der Waals surface area contributed by atoms with Gasteiger partial charge in [-0.1, -0.05) is 23.9 Å². The molecule has 1 aromatic carbocycles. The fourth-order valence-electron chi connectivity index (χ4n) is 2.31. The topological polar surface area (TPSA) is 73.0 Å². The van der Waals surface area contributed by atoms with Gasteiger partial charge in [0.2, 0.25) is 5.91 Å². The molecule has 0 aliphatic carbocycles. The zero-order chi connectivity index (χ0) is 17.8. The van der Waals surface area contributed by atoms with Crippen molar-refractivity contribution in [1.29, 1.82) is 0 Å². The average molecular weight is 360 g/mol. The quantitative estimate of drug-likeness (QED) is 0.684. The van der Waals surface area contributed by atoms with Crippen LogP contribution in [0.5, 0.6) is 0 Å². The summed E-state index contributed by atoms with van der Waals surface area (Å²) in [5.41, 5.74) is 0.846. The normalized spacial score (nSPS) is 12.1. The van der Waals surface area contributed by atoms with Gasteiger partial charge < -0.3 is 14.3 Å². The molecule has 8 heteroatoms. The van der Waals surface area contributed by atoms with E-state index < -0.39 is 0 Å². The summed E-state index contributed by atoms with van der Waals surface area (Å²) in [5, 5.41) is 11.7. The summed E-state index contributed by atoms with van der Waals surface area (Å²) in [6.07, 6.45) is 1.57. The van der Waals surface area contributed by atoms with E-state index in [9.17, 15) is 9.18 Å². The van der Waals surface area contributed by atoms with Crippen LogP contribution in [-0.2, 0) is 11.8 Å². The van der Waals surface area contributed by atoms with E-state index in [2.05, 4.69) is 15.5 Å². The summed E-state index contributed by atoms with van der Waals surface area (Å²) in [4.78, 5) is 12.1. The van der Waals surface area contributed by atoms with Crippen molar-refractivity contribution in [1.82, 2.24) is 20.1 Å². The van der Waals surface area contributed by atoms with Crippen LogP contribution in [0.2, 0.25) is 0 Å². The number of amides is 1. The number of nitrogens with one attached hydrogen (secondary N) is 1. The lowest BCUT2D eigenvalue weighted by molar-refractivity contribution is -0.119. The highest BCUT2D eigenvalue weighted by molar-refractivity contribution is 7.99. The first-order valence-electron chi connectivity index (χ1n) is 7.65. The molecule has 3 rings (SSSR count). The molecule has 6 nitrogen and oxygen atoms in total. The van der Waals surface area contributed by atoms with Crippen molar-refractivity contribution < 1.29 is 13.6 Å². The van der Waals surface area contributed by atoms with E-state index in [1.165, 1.54) is 23.9 Å². The van der Waals surface area contributed by atoms with E-state index >= 15 is 0 Å². The number of hydrogen-bond acceptors (Lipinski definition) is 5. The molecule has 0 saturated carbocycles. The molecule has 0 saturated heterocycles. The summed E-state index contributed by atoms with van der Waals surface area (Å²) in [7, 11) is 1.82. The van der Waals surface area contributed by atoms with Crippen molar-refractivity contribution in [3.8, 4) is 11.6 Å². The van der Waals surface area contributed by atoms with Crippen LogP contribution in [0, 0.1) is 5.82 Å². The van der Waals surface area contributed by atoms with Crippen molar-refractivity contribution in [3.63, 3.8) is 0 Å². The lowest BCUT2D eigenvalue weighted by atomic mass is 10.1. The second-order valence-electron chi connectivity index (χ2n) is 5.47. The highest BCUT2D eigenvalue weighted by Crippen LogP contribution is 2.23. The second-order valence-corrected chi connectivity index (χ2v) is 6.41. The molecular formula is C17H17FN4O2S. The number of aromatic nitrogens is 3. The van der Waals surface area contributed by atoms with E-state index in [0.717, 1.165) is 5.56 Å². The first-order valence-corrected chi connectivity index (χ1v) is 8.64. The molecule has 0 unspecified atom stereocenters. The third-order valence-corrected chi connectivity index (χ3v) is 4.68. The molecule has 1 N–H and O–H groups in total. The third-order valence-electron chi connectivity index (χ3n) is 3.66. The maximum absolute atomic E-state index is 13.0. The van der Waals surface area contributed by atoms with Crippen LogP contribution >= 0.6 is 11.8 Å². The molecular weight excluding hydrogens is 343 g/mol. The monoisotopic (exact) mass is 360 g/mol. The van der Waals surface area contributed by atoms with Gasteiger partial charge in [-0.3, -0.25) is 4.79 Å². The Morgan fingerprint density at radius 1 is 1.32 bits per heavy atom. The number of carbonyl (C=O) groups is 1. The number of hydrogen-bond donors (Lipinski definition) is 1. The van der Waals surface area contributed by atoms with Crippen LogP contribution in [0.4, 0.5) is 4.39 Å². The van der Waals surface area contributed by atoms with Crippen molar-refractivity contribution in [3.05, 3.63) is 54.0 Å². The molecule has 3 aromatic rings. The van der Waals surface area contributed by atoms with Crippen LogP contribution in [0.3, 0.4) is 0 Å². The SMILES string of the molecule is C[C@@H](NC(=O)CSc1nnc(-c2ccco2)n1C)c1ccc(F)cc1. The van der Waals surface area contributed by atoms with Crippen molar-refractivity contribution in [2.75, 3.05) is 5.75 Å². The predicted molar refractivity (Wildman–Crippen MR) is 92.4 cm³/mol. The van der Waals surface area contributed by atoms with Crippen LogP contribution < -0.4 is 5.32 Å². The molecule has 1 amide bonds. The summed E-state index contributed by atoms with van der Waals surface area (Å²) in [5.74, 6) is 0.996. The van der Waals surface area contributed by atoms with Crippen molar-refractivity contribution in [2.24, 2.45) is 7.05 Å². The minimum absolute atomic E-state index is 0.135. The Hall–Kier alpha value is -2.61. The van der Waals surface area contributed by atoms with E-state index in [0.29, 0.717) is 16.7 Å². The van der Waals surface area contributed by atoms with Crippen LogP contribution in [0.25, 0.3) is 11.6 Å². The van der Waals surface area contributed by atoms with Crippen LogP contribution in [0.1, 0.15) is 18.5 Å². The Morgan fingerprint density at radius 2 is 2.08 bits per heavy atom. The summed E-state index contributed by atoms with van der Waals surface area (Å²) < 4.78 is 20.0. The zero-order valence-electron chi connectivity index (χ0n) is 13.8.